The molecule has 0 unspecified atom stereocenters. The molecule has 1 aromatic heterocycles. The number of nitrogens with zero attached hydrogens (tertiary/aromatic N) is 1. The van der Waals surface area contributed by atoms with Crippen LogP contribution in [0.3, 0.4) is 0 Å². The van der Waals surface area contributed by atoms with Gasteiger partial charge in [-0.3, -0.25) is 14.9 Å². The Morgan fingerprint density at radius 1 is 1.13 bits per heavy atom. The Bertz CT molecular complexity index is 857. The third kappa shape index (κ3) is 2.97. The summed E-state index contributed by atoms with van der Waals surface area (Å²) in [7, 11) is 0. The maximum atomic E-state index is 12.7. The Hall–Kier alpha value is -2.25. The van der Waals surface area contributed by atoms with Crippen molar-refractivity contribution in [1.82, 2.24) is 5.32 Å². The van der Waals surface area contributed by atoms with Gasteiger partial charge in [-0.25, -0.2) is 9.69 Å². The fourth-order valence-corrected chi connectivity index (χ4v) is 3.61. The zero-order valence-electron chi connectivity index (χ0n) is 12.0. The van der Waals surface area contributed by atoms with Gasteiger partial charge in [0.1, 0.15) is 5.57 Å². The number of nitrogens with one attached hydrogen (secondary N) is 1. The van der Waals surface area contributed by atoms with Crippen molar-refractivity contribution in [3.63, 3.8) is 0 Å². The fourth-order valence-electron chi connectivity index (χ4n) is 2.24. The van der Waals surface area contributed by atoms with Gasteiger partial charge < -0.3 is 0 Å². The van der Waals surface area contributed by atoms with Crippen molar-refractivity contribution in [3.05, 3.63) is 56.2 Å². The zero-order valence-corrected chi connectivity index (χ0v) is 14.4. The van der Waals surface area contributed by atoms with Gasteiger partial charge in [0, 0.05) is 4.88 Å². The lowest BCUT2D eigenvalue weighted by Gasteiger charge is -2.27. The molecule has 5 nitrogen and oxygen atoms in total. The van der Waals surface area contributed by atoms with E-state index in [4.69, 9.17) is 0 Å². The average Bonchev–Trinajstić information content (AvgIpc) is 2.91. The van der Waals surface area contributed by atoms with Crippen molar-refractivity contribution in [3.8, 4) is 0 Å². The van der Waals surface area contributed by atoms with Gasteiger partial charge in [0.15, 0.2) is 0 Å². The van der Waals surface area contributed by atoms with Gasteiger partial charge in [-0.05, 0) is 52.7 Å². The molecule has 1 saturated heterocycles. The van der Waals surface area contributed by atoms with Gasteiger partial charge in [0.05, 0.1) is 9.47 Å². The van der Waals surface area contributed by atoms with Crippen molar-refractivity contribution in [2.45, 2.75) is 6.92 Å². The number of hydrogen-bond acceptors (Lipinski definition) is 4. The largest absolute Gasteiger partial charge is 0.335 e. The molecule has 3 rings (SSSR count). The van der Waals surface area contributed by atoms with E-state index in [1.165, 1.54) is 17.4 Å². The normalized spacial score (nSPS) is 16.9. The smallest absolute Gasteiger partial charge is 0.273 e. The number of carbonyl (C=O) groups excluding carboxylic acids is 3. The molecular formula is C16H11BrN2O3S. The quantitative estimate of drug-likeness (QED) is 0.630. The molecule has 7 heteroatoms. The molecule has 0 saturated carbocycles. The molecule has 0 atom stereocenters. The number of benzene rings is 1. The highest BCUT2D eigenvalue weighted by Crippen LogP contribution is 2.27. The van der Waals surface area contributed by atoms with E-state index in [2.05, 4.69) is 21.2 Å². The van der Waals surface area contributed by atoms with Crippen LogP contribution in [0.5, 0.6) is 0 Å². The van der Waals surface area contributed by atoms with Crippen LogP contribution in [-0.4, -0.2) is 17.8 Å². The topological polar surface area (TPSA) is 66.5 Å². The zero-order chi connectivity index (χ0) is 16.6. The van der Waals surface area contributed by atoms with E-state index < -0.39 is 17.8 Å². The maximum Gasteiger partial charge on any atom is 0.335 e. The first-order chi connectivity index (χ1) is 11.0. The summed E-state index contributed by atoms with van der Waals surface area (Å²) >= 11 is 4.73. The van der Waals surface area contributed by atoms with E-state index in [0.29, 0.717) is 5.69 Å². The first kappa shape index (κ1) is 15.6. The number of carbonyl (C=O) groups is 3. The van der Waals surface area contributed by atoms with E-state index in [9.17, 15) is 14.4 Å². The number of imide groups is 2. The summed E-state index contributed by atoms with van der Waals surface area (Å²) in [6.45, 7) is 1.80. The lowest BCUT2D eigenvalue weighted by Crippen LogP contribution is -2.54. The number of urea groups is 1. The molecule has 0 radical (unpaired) electrons. The number of aryl methyl sites for hydroxylation is 1. The number of barbiturate groups is 1. The van der Waals surface area contributed by atoms with Crippen molar-refractivity contribution in [1.29, 1.82) is 0 Å². The number of thiophene rings is 1. The third-order valence-corrected chi connectivity index (χ3v) is 4.91. The fraction of sp³-hybridized carbons (Fsp3) is 0.0625. The second-order valence-corrected chi connectivity index (χ2v) is 7.38. The number of halogens is 1. The van der Waals surface area contributed by atoms with Crippen LogP contribution >= 0.6 is 27.3 Å². The number of rotatable bonds is 2. The SMILES string of the molecule is Cc1ccccc1N1C(=O)NC(=O)/C(=C/c2ccc(Br)s2)C1=O. The van der Waals surface area contributed by atoms with Crippen LogP contribution in [0.25, 0.3) is 6.08 Å². The number of para-hydroxylation sites is 1. The van der Waals surface area contributed by atoms with Crippen LogP contribution in [0.4, 0.5) is 10.5 Å². The Morgan fingerprint density at radius 3 is 2.52 bits per heavy atom. The van der Waals surface area contributed by atoms with Crippen LogP contribution in [0.1, 0.15) is 10.4 Å². The highest BCUT2D eigenvalue weighted by Gasteiger charge is 2.37. The summed E-state index contributed by atoms with van der Waals surface area (Å²) in [5.74, 6) is -1.31. The molecule has 1 aliphatic heterocycles. The first-order valence-corrected chi connectivity index (χ1v) is 8.31. The molecule has 1 aliphatic rings. The summed E-state index contributed by atoms with van der Waals surface area (Å²) in [5, 5.41) is 2.21. The Balaban J connectivity index is 2.04. The predicted molar refractivity (Wildman–Crippen MR) is 92.2 cm³/mol. The molecule has 0 spiro atoms. The predicted octanol–water partition coefficient (Wildman–Crippen LogP) is 3.49. The Labute approximate surface area is 144 Å². The minimum absolute atomic E-state index is 0.0674. The average molecular weight is 391 g/mol. The molecule has 0 aliphatic carbocycles. The Kier molecular flexibility index (Phi) is 4.14. The van der Waals surface area contributed by atoms with E-state index in [0.717, 1.165) is 19.1 Å². The van der Waals surface area contributed by atoms with Gasteiger partial charge in [0.25, 0.3) is 11.8 Å². The number of amides is 4. The standard InChI is InChI=1S/C16H11BrN2O3S/c1-9-4-2-3-5-12(9)19-15(21)11(14(20)18-16(19)22)8-10-6-7-13(17)23-10/h2-8H,1H3,(H,18,20,22)/b11-8-. The van der Waals surface area contributed by atoms with Crippen molar-refractivity contribution in [2.24, 2.45) is 0 Å². The van der Waals surface area contributed by atoms with Crippen molar-refractivity contribution < 1.29 is 14.4 Å². The molecule has 1 aromatic carbocycles. The highest BCUT2D eigenvalue weighted by atomic mass is 79.9. The second-order valence-electron chi connectivity index (χ2n) is 4.89. The molecule has 116 valence electrons. The number of anilines is 1. The van der Waals surface area contributed by atoms with Gasteiger partial charge >= 0.3 is 6.03 Å². The van der Waals surface area contributed by atoms with Crippen LogP contribution < -0.4 is 10.2 Å². The molecule has 0 bridgehead atoms. The number of hydrogen-bond donors (Lipinski definition) is 1. The lowest BCUT2D eigenvalue weighted by atomic mass is 10.1. The summed E-state index contributed by atoms with van der Waals surface area (Å²) in [6, 6.07) is 9.89. The summed E-state index contributed by atoms with van der Waals surface area (Å²) in [4.78, 5) is 38.6. The molecular weight excluding hydrogens is 380 g/mol. The van der Waals surface area contributed by atoms with E-state index in [-0.39, 0.29) is 5.57 Å². The van der Waals surface area contributed by atoms with Crippen LogP contribution in [0, 0.1) is 6.92 Å². The third-order valence-electron chi connectivity index (χ3n) is 3.34. The minimum Gasteiger partial charge on any atom is -0.273 e. The molecule has 1 fully saturated rings. The first-order valence-electron chi connectivity index (χ1n) is 6.70. The van der Waals surface area contributed by atoms with Gasteiger partial charge in [0.2, 0.25) is 0 Å². The van der Waals surface area contributed by atoms with E-state index in [1.807, 2.05) is 12.1 Å². The molecule has 4 amide bonds. The highest BCUT2D eigenvalue weighted by molar-refractivity contribution is 9.11. The molecule has 2 heterocycles. The van der Waals surface area contributed by atoms with Gasteiger partial charge in [-0.15, -0.1) is 11.3 Å². The molecule has 23 heavy (non-hydrogen) atoms. The van der Waals surface area contributed by atoms with E-state index in [1.54, 1.807) is 31.2 Å². The van der Waals surface area contributed by atoms with Gasteiger partial charge in [-0.1, -0.05) is 18.2 Å². The van der Waals surface area contributed by atoms with E-state index >= 15 is 0 Å². The minimum atomic E-state index is -0.737. The molecule has 1 N–H and O–H groups in total. The van der Waals surface area contributed by atoms with Crippen molar-refractivity contribution >= 4 is 56.9 Å². The van der Waals surface area contributed by atoms with Gasteiger partial charge in [-0.2, -0.15) is 0 Å². The lowest BCUT2D eigenvalue weighted by molar-refractivity contribution is -0.122. The van der Waals surface area contributed by atoms with Crippen molar-refractivity contribution in [2.75, 3.05) is 4.90 Å². The summed E-state index contributed by atoms with van der Waals surface area (Å²) in [5.41, 5.74) is 1.16. The molecule has 2 aromatic rings. The maximum absolute atomic E-state index is 12.7. The monoisotopic (exact) mass is 390 g/mol. The van der Waals surface area contributed by atoms with Crippen LogP contribution in [0.15, 0.2) is 45.8 Å². The summed E-state index contributed by atoms with van der Waals surface area (Å²) < 4.78 is 0.889. The Morgan fingerprint density at radius 2 is 1.87 bits per heavy atom. The second kappa shape index (κ2) is 6.10. The van der Waals surface area contributed by atoms with Crippen LogP contribution in [-0.2, 0) is 9.59 Å². The van der Waals surface area contributed by atoms with Crippen LogP contribution in [0.2, 0.25) is 0 Å². The summed E-state index contributed by atoms with van der Waals surface area (Å²) in [6.07, 6.45) is 1.49.